The maximum Gasteiger partial charge on any atom is 0.344 e. The molecule has 0 aromatic carbocycles. The Balaban J connectivity index is 2.02. The Bertz CT molecular complexity index is 529. The van der Waals surface area contributed by atoms with E-state index < -0.39 is 0 Å². The summed E-state index contributed by atoms with van der Waals surface area (Å²) in [7, 11) is 0. The lowest BCUT2D eigenvalue weighted by Crippen LogP contribution is -2.21. The van der Waals surface area contributed by atoms with Crippen molar-refractivity contribution in [3.05, 3.63) is 10.5 Å². The first-order chi connectivity index (χ1) is 8.97. The molecule has 1 heterocycles. The summed E-state index contributed by atoms with van der Waals surface area (Å²) in [6.45, 7) is 3.90. The Labute approximate surface area is 115 Å². The molecule has 1 aliphatic carbocycles. The van der Waals surface area contributed by atoms with Gasteiger partial charge in [-0.3, -0.25) is 4.57 Å². The van der Waals surface area contributed by atoms with Crippen LogP contribution in [0.5, 0.6) is 0 Å². The van der Waals surface area contributed by atoms with E-state index in [1.807, 2.05) is 13.8 Å². The van der Waals surface area contributed by atoms with Gasteiger partial charge in [0.15, 0.2) is 5.16 Å². The van der Waals surface area contributed by atoms with Crippen LogP contribution in [0.15, 0.2) is 15.1 Å². The second-order valence-corrected chi connectivity index (χ2v) is 6.27. The Hall–Kier alpha value is -1.44. The van der Waals surface area contributed by atoms with Gasteiger partial charge in [0, 0.05) is 18.2 Å². The summed E-state index contributed by atoms with van der Waals surface area (Å²) in [5, 5.41) is 18.9. The van der Waals surface area contributed by atoms with Crippen LogP contribution in [0.3, 0.4) is 0 Å². The highest BCUT2D eigenvalue weighted by Gasteiger charge is 2.43. The highest BCUT2D eigenvalue weighted by molar-refractivity contribution is 7.99. The zero-order valence-electron chi connectivity index (χ0n) is 11.1. The van der Waals surface area contributed by atoms with Gasteiger partial charge >= 0.3 is 5.69 Å². The molecule has 1 saturated carbocycles. The second kappa shape index (κ2) is 5.28. The van der Waals surface area contributed by atoms with E-state index in [1.54, 1.807) is 16.3 Å². The average molecular weight is 285 g/mol. The maximum atomic E-state index is 11.6. The Morgan fingerprint density at radius 1 is 1.68 bits per heavy atom. The third-order valence-electron chi connectivity index (χ3n) is 3.34. The molecule has 0 unspecified atom stereocenters. The largest absolute Gasteiger partial charge is 0.409 e. The summed E-state index contributed by atoms with van der Waals surface area (Å²) in [6, 6.07) is 0.0768. The molecule has 0 amide bonds. The molecule has 1 aliphatic rings. The predicted octanol–water partition coefficient (Wildman–Crippen LogP) is 1.16. The fourth-order valence-electron chi connectivity index (χ4n) is 2.03. The quantitative estimate of drug-likeness (QED) is 0.239. The van der Waals surface area contributed by atoms with Crippen molar-refractivity contribution < 1.29 is 5.21 Å². The van der Waals surface area contributed by atoms with Crippen LogP contribution in [-0.4, -0.2) is 31.6 Å². The van der Waals surface area contributed by atoms with Crippen LogP contribution < -0.4 is 11.4 Å². The van der Waals surface area contributed by atoms with Crippen LogP contribution in [0.2, 0.25) is 0 Å². The summed E-state index contributed by atoms with van der Waals surface area (Å²) in [5.41, 5.74) is 5.48. The molecule has 1 aromatic heterocycles. The van der Waals surface area contributed by atoms with Crippen molar-refractivity contribution in [1.82, 2.24) is 14.8 Å². The number of rotatable bonds is 6. The van der Waals surface area contributed by atoms with Crippen LogP contribution in [0.1, 0.15) is 39.2 Å². The van der Waals surface area contributed by atoms with Gasteiger partial charge in [0.2, 0.25) is 0 Å². The Morgan fingerprint density at radius 2 is 2.37 bits per heavy atom. The molecule has 0 aliphatic heterocycles. The van der Waals surface area contributed by atoms with Crippen molar-refractivity contribution in [2.24, 2.45) is 16.3 Å². The van der Waals surface area contributed by atoms with Crippen molar-refractivity contribution in [1.29, 1.82) is 0 Å². The minimum atomic E-state index is -0.182. The number of aromatic nitrogens is 3. The van der Waals surface area contributed by atoms with E-state index in [-0.39, 0.29) is 23.0 Å². The molecule has 1 aromatic rings. The molecule has 0 atom stereocenters. The standard InChI is InChI=1S/C11H19N5O2S/c1-7(2)16-9(17)13-14-10(16)19-6-11(3-4-11)5-8(12)15-18/h7,18H,3-6H2,1-2H3,(H2,12,15)(H,13,17). The van der Waals surface area contributed by atoms with Gasteiger partial charge in [0.05, 0.1) is 0 Å². The molecule has 0 spiro atoms. The Morgan fingerprint density at radius 3 is 2.89 bits per heavy atom. The van der Waals surface area contributed by atoms with E-state index in [2.05, 4.69) is 15.4 Å². The van der Waals surface area contributed by atoms with E-state index >= 15 is 0 Å². The maximum absolute atomic E-state index is 11.6. The van der Waals surface area contributed by atoms with E-state index in [0.29, 0.717) is 11.6 Å². The molecule has 4 N–H and O–H groups in total. The molecule has 0 radical (unpaired) electrons. The first-order valence-corrected chi connectivity index (χ1v) is 7.22. The highest BCUT2D eigenvalue weighted by Crippen LogP contribution is 2.51. The average Bonchev–Trinajstić information content (AvgIpc) is 3.01. The van der Waals surface area contributed by atoms with Gasteiger partial charge in [0.25, 0.3) is 0 Å². The summed E-state index contributed by atoms with van der Waals surface area (Å²) in [4.78, 5) is 11.6. The number of amidine groups is 1. The van der Waals surface area contributed by atoms with Gasteiger partial charge in [-0.25, -0.2) is 9.89 Å². The number of oxime groups is 1. The fraction of sp³-hybridized carbons (Fsp3) is 0.727. The molecule has 1 fully saturated rings. The predicted molar refractivity (Wildman–Crippen MR) is 73.6 cm³/mol. The molecule has 7 nitrogen and oxygen atoms in total. The highest BCUT2D eigenvalue weighted by atomic mass is 32.2. The summed E-state index contributed by atoms with van der Waals surface area (Å²) >= 11 is 1.55. The van der Waals surface area contributed by atoms with E-state index in [4.69, 9.17) is 10.9 Å². The van der Waals surface area contributed by atoms with Gasteiger partial charge in [-0.15, -0.1) is 5.10 Å². The molecule has 0 saturated heterocycles. The van der Waals surface area contributed by atoms with E-state index in [1.165, 1.54) is 0 Å². The lowest BCUT2D eigenvalue weighted by molar-refractivity contribution is 0.315. The normalized spacial score (nSPS) is 17.9. The third kappa shape index (κ3) is 3.12. The lowest BCUT2D eigenvalue weighted by Gasteiger charge is -2.14. The van der Waals surface area contributed by atoms with E-state index in [0.717, 1.165) is 18.6 Å². The number of thioether (sulfide) groups is 1. The van der Waals surface area contributed by atoms with Crippen LogP contribution in [0, 0.1) is 5.41 Å². The minimum Gasteiger partial charge on any atom is -0.409 e. The Kier molecular flexibility index (Phi) is 3.88. The van der Waals surface area contributed by atoms with Gasteiger partial charge in [-0.1, -0.05) is 16.9 Å². The fourth-order valence-corrected chi connectivity index (χ4v) is 3.40. The third-order valence-corrected chi connectivity index (χ3v) is 4.64. The summed E-state index contributed by atoms with van der Waals surface area (Å²) in [6.07, 6.45) is 2.71. The van der Waals surface area contributed by atoms with Crippen molar-refractivity contribution >= 4 is 17.6 Å². The first kappa shape index (κ1) is 14.0. The number of nitrogens with two attached hydrogens (primary N) is 1. The van der Waals surface area contributed by atoms with E-state index in [9.17, 15) is 4.79 Å². The van der Waals surface area contributed by atoms with Crippen LogP contribution >= 0.6 is 11.8 Å². The number of nitrogens with zero attached hydrogens (tertiary/aromatic N) is 3. The smallest absolute Gasteiger partial charge is 0.344 e. The summed E-state index contributed by atoms with van der Waals surface area (Å²) in [5.74, 6) is 1.08. The molecule has 0 bridgehead atoms. The van der Waals surface area contributed by atoms with Gasteiger partial charge < -0.3 is 10.9 Å². The zero-order valence-corrected chi connectivity index (χ0v) is 11.9. The van der Waals surface area contributed by atoms with Crippen LogP contribution in [0.25, 0.3) is 0 Å². The van der Waals surface area contributed by atoms with Crippen molar-refractivity contribution in [3.8, 4) is 0 Å². The van der Waals surface area contributed by atoms with Gasteiger partial charge in [-0.2, -0.15) is 0 Å². The molecule has 8 heteroatoms. The van der Waals surface area contributed by atoms with Crippen LogP contribution in [0.4, 0.5) is 0 Å². The van der Waals surface area contributed by atoms with Crippen molar-refractivity contribution in [2.75, 3.05) is 5.75 Å². The number of H-pyrrole nitrogens is 1. The SMILES string of the molecule is CC(C)n1c(SCC2(CC(N)=NO)CC2)n[nH]c1=O. The zero-order chi connectivity index (χ0) is 14.0. The number of aromatic amines is 1. The molecular formula is C11H19N5O2S. The number of hydrogen-bond donors (Lipinski definition) is 3. The number of hydrogen-bond acceptors (Lipinski definition) is 5. The van der Waals surface area contributed by atoms with Crippen molar-refractivity contribution in [3.63, 3.8) is 0 Å². The monoisotopic (exact) mass is 285 g/mol. The minimum absolute atomic E-state index is 0.0768. The van der Waals surface area contributed by atoms with Gasteiger partial charge in [0.1, 0.15) is 5.84 Å². The van der Waals surface area contributed by atoms with Crippen molar-refractivity contribution in [2.45, 2.75) is 44.3 Å². The molecule has 106 valence electrons. The van der Waals surface area contributed by atoms with Gasteiger partial charge in [-0.05, 0) is 32.1 Å². The molecular weight excluding hydrogens is 266 g/mol. The lowest BCUT2D eigenvalue weighted by atomic mass is 10.1. The summed E-state index contributed by atoms with van der Waals surface area (Å²) < 4.78 is 1.64. The molecule has 2 rings (SSSR count). The number of nitrogens with one attached hydrogen (secondary N) is 1. The van der Waals surface area contributed by atoms with Crippen LogP contribution in [-0.2, 0) is 0 Å². The molecule has 19 heavy (non-hydrogen) atoms. The topological polar surface area (TPSA) is 109 Å². The second-order valence-electron chi connectivity index (χ2n) is 5.33. The first-order valence-electron chi connectivity index (χ1n) is 6.23.